The second-order valence-corrected chi connectivity index (χ2v) is 7.42. The van der Waals surface area contributed by atoms with Gasteiger partial charge in [-0.1, -0.05) is 28.1 Å². The topological polar surface area (TPSA) is 73.1 Å². The minimum Gasteiger partial charge on any atom is -0.397 e. The fourth-order valence-electron chi connectivity index (χ4n) is 2.10. The zero-order chi connectivity index (χ0) is 15.0. The van der Waals surface area contributed by atoms with Crippen LogP contribution >= 0.6 is 44.3 Å². The van der Waals surface area contributed by atoms with Gasteiger partial charge >= 0.3 is 0 Å². The van der Waals surface area contributed by atoms with E-state index in [4.69, 9.17) is 11.6 Å². The second-order valence-electron chi connectivity index (χ2n) is 4.47. The predicted octanol–water partition coefficient (Wildman–Crippen LogP) is 3.44. The number of rotatable bonds is 2. The van der Waals surface area contributed by atoms with E-state index in [-0.39, 0.29) is 0 Å². The van der Waals surface area contributed by atoms with Crippen molar-refractivity contribution in [3.05, 3.63) is 58.5 Å². The molecule has 21 heavy (non-hydrogen) atoms. The number of fused-ring (bicyclic) bond motifs is 1. The van der Waals surface area contributed by atoms with Gasteiger partial charge in [-0.2, -0.15) is 5.10 Å². The van der Waals surface area contributed by atoms with Crippen LogP contribution in [0.5, 0.6) is 0 Å². The van der Waals surface area contributed by atoms with Gasteiger partial charge in [0.25, 0.3) is 0 Å². The first kappa shape index (κ1) is 15.0. The maximum Gasteiger partial charge on any atom is 0.0814 e. The Morgan fingerprint density at radius 2 is 2.19 bits per heavy atom. The van der Waals surface area contributed by atoms with Crippen molar-refractivity contribution in [2.45, 2.75) is 0 Å². The van der Waals surface area contributed by atoms with Crippen molar-refractivity contribution in [3.8, 4) is 0 Å². The molecule has 2 heterocycles. The number of allylic oxidation sites excluding steroid dienone is 3. The molecule has 0 aliphatic carbocycles. The monoisotopic (exact) mass is 475 g/mol. The molecule has 1 aliphatic rings. The quantitative estimate of drug-likeness (QED) is 0.396. The Kier molecular flexibility index (Phi) is 4.35. The molecule has 4 N–H and O–H groups in total. The lowest BCUT2D eigenvalue weighted by Crippen LogP contribution is -2.27. The van der Waals surface area contributed by atoms with Crippen molar-refractivity contribution in [2.75, 3.05) is 0 Å². The third-order valence-electron chi connectivity index (χ3n) is 3.19. The molecular weight excluding hydrogens is 464 g/mol. The van der Waals surface area contributed by atoms with E-state index in [9.17, 15) is 0 Å². The van der Waals surface area contributed by atoms with Crippen molar-refractivity contribution in [2.24, 2.45) is 11.6 Å². The summed E-state index contributed by atoms with van der Waals surface area (Å²) in [5.74, 6) is 5.95. The van der Waals surface area contributed by atoms with E-state index in [1.165, 1.54) is 5.01 Å². The molecule has 1 atom stereocenters. The largest absolute Gasteiger partial charge is 0.397 e. The Balaban J connectivity index is 2.13. The molecule has 0 radical (unpaired) electrons. The maximum absolute atomic E-state index is 6.30. The lowest BCUT2D eigenvalue weighted by Gasteiger charge is -2.21. The molecule has 1 aromatic heterocycles. The van der Waals surface area contributed by atoms with Crippen molar-refractivity contribution in [1.29, 1.82) is 0 Å². The van der Waals surface area contributed by atoms with Gasteiger partial charge < -0.3 is 5.73 Å². The number of hydrazine groups is 1. The molecule has 0 fully saturated rings. The van der Waals surface area contributed by atoms with Crippen LogP contribution in [-0.4, -0.2) is 14.6 Å². The van der Waals surface area contributed by atoms with Gasteiger partial charge in [-0.05, 0) is 40.3 Å². The molecule has 108 valence electrons. The highest BCUT2D eigenvalue weighted by atomic mass is 127. The van der Waals surface area contributed by atoms with Crippen LogP contribution in [0.2, 0.25) is 0 Å². The summed E-state index contributed by atoms with van der Waals surface area (Å²) >= 11 is 5.75. The van der Waals surface area contributed by atoms with E-state index in [0.717, 1.165) is 26.6 Å². The smallest absolute Gasteiger partial charge is 0.0814 e. The average Bonchev–Trinajstić information content (AvgIpc) is 2.91. The van der Waals surface area contributed by atoms with Crippen LogP contribution in [0.15, 0.2) is 52.9 Å². The zero-order valence-corrected chi connectivity index (χ0v) is 15.5. The molecule has 0 saturated heterocycles. The van der Waals surface area contributed by atoms with E-state index >= 15 is 0 Å². The Morgan fingerprint density at radius 3 is 2.95 bits per heavy atom. The minimum atomic E-state index is 0.548. The van der Waals surface area contributed by atoms with Gasteiger partial charge in [0.05, 0.1) is 29.5 Å². The lowest BCUT2D eigenvalue weighted by atomic mass is 10.1. The Labute approximate surface area is 145 Å². The summed E-state index contributed by atoms with van der Waals surface area (Å²) in [6.45, 7) is 0. The highest BCUT2D eigenvalue weighted by Gasteiger charge is 2.13. The van der Waals surface area contributed by atoms with Crippen LogP contribution in [0.1, 0.15) is 5.56 Å². The number of aromatic nitrogens is 2. The number of hydrogen-bond acceptors (Lipinski definition) is 4. The Hall–Kier alpha value is -0.890. The highest BCUT2D eigenvalue weighted by Crippen LogP contribution is 2.30. The van der Waals surface area contributed by atoms with Crippen LogP contribution < -0.4 is 11.6 Å². The van der Waals surface area contributed by atoms with E-state index in [2.05, 4.69) is 43.1 Å². The van der Waals surface area contributed by atoms with Crippen LogP contribution in [0.4, 0.5) is 0 Å². The maximum atomic E-state index is 6.30. The molecule has 1 aromatic carbocycles. The van der Waals surface area contributed by atoms with Gasteiger partial charge in [-0.15, -0.1) is 0 Å². The summed E-state index contributed by atoms with van der Waals surface area (Å²) in [5, 5.41) is 6.97. The molecule has 1 unspecified atom stereocenters. The molecule has 0 amide bonds. The second kappa shape index (κ2) is 6.08. The van der Waals surface area contributed by atoms with E-state index in [1.54, 1.807) is 6.20 Å². The average molecular weight is 476 g/mol. The first-order chi connectivity index (χ1) is 10.1. The Bertz CT molecular complexity index is 795. The molecule has 0 spiro atoms. The molecule has 1 aliphatic heterocycles. The molecule has 2 aromatic rings. The number of benzene rings is 1. The van der Waals surface area contributed by atoms with Crippen molar-refractivity contribution in [1.82, 2.24) is 14.6 Å². The van der Waals surface area contributed by atoms with Crippen molar-refractivity contribution in [3.63, 3.8) is 0 Å². The normalized spacial score (nSPS) is 17.9. The minimum absolute atomic E-state index is 0.548. The fraction of sp³-hybridized carbons (Fsp3) is 0. The first-order valence-electron chi connectivity index (χ1n) is 6.04. The van der Waals surface area contributed by atoms with Crippen LogP contribution in [0, 0.1) is 0 Å². The molecule has 5 nitrogen and oxygen atoms in total. The van der Waals surface area contributed by atoms with Gasteiger partial charge in [0.1, 0.15) is 0 Å². The molecule has 0 bridgehead atoms. The van der Waals surface area contributed by atoms with Gasteiger partial charge in [0.2, 0.25) is 0 Å². The Morgan fingerprint density at radius 1 is 1.38 bits per heavy atom. The highest BCUT2D eigenvalue weighted by molar-refractivity contribution is 14.2. The van der Waals surface area contributed by atoms with Gasteiger partial charge in [0, 0.05) is 21.6 Å². The fourth-order valence-corrected chi connectivity index (χ4v) is 3.98. The molecule has 0 saturated carbocycles. The van der Waals surface area contributed by atoms with E-state index < -0.39 is 0 Å². The number of hydrogen-bond donors (Lipinski definition) is 2. The van der Waals surface area contributed by atoms with Crippen LogP contribution in [-0.2, 0) is 0 Å². The summed E-state index contributed by atoms with van der Waals surface area (Å²) in [6, 6.07) is 6.06. The third kappa shape index (κ3) is 2.88. The lowest BCUT2D eigenvalue weighted by molar-refractivity contribution is 0.505. The summed E-state index contributed by atoms with van der Waals surface area (Å²) in [4.78, 5) is 0. The zero-order valence-electron chi connectivity index (χ0n) is 10.8. The van der Waals surface area contributed by atoms with Crippen LogP contribution in [0.25, 0.3) is 16.6 Å². The number of nitrogens with zero attached hydrogens (tertiary/aromatic N) is 3. The molecule has 8 heteroatoms. The van der Waals surface area contributed by atoms with Crippen LogP contribution in [0.3, 0.4) is 0 Å². The van der Waals surface area contributed by atoms with Crippen molar-refractivity contribution >= 4 is 60.9 Å². The number of halogens is 2. The molecular formula is C13H12BrIN5P. The van der Waals surface area contributed by atoms with Gasteiger partial charge in [-0.25, -0.2) is 10.3 Å². The summed E-state index contributed by atoms with van der Waals surface area (Å²) in [7, 11) is 0. The van der Waals surface area contributed by atoms with E-state index in [0.29, 0.717) is 12.1 Å². The molecule has 3 rings (SSSR count). The summed E-state index contributed by atoms with van der Waals surface area (Å²) in [6.07, 6.45) is 7.94. The van der Waals surface area contributed by atoms with Gasteiger partial charge in [-0.3, -0.25) is 5.01 Å². The van der Waals surface area contributed by atoms with E-state index in [1.807, 2.05) is 41.0 Å². The van der Waals surface area contributed by atoms with Gasteiger partial charge in [0.15, 0.2) is 0 Å². The summed E-state index contributed by atoms with van der Waals surface area (Å²) < 4.78 is 2.89. The standard InChI is InChI=1S/C13H12BrIN5P/c14-10-3-4-19(17)12(6-10)13(16)8-1-2-9-7-18-20(21-15)11(9)5-8/h1-7,21H,16-17H2/b13-12-. The summed E-state index contributed by atoms with van der Waals surface area (Å²) in [5.41, 5.74) is 9.69. The predicted molar refractivity (Wildman–Crippen MR) is 101 cm³/mol. The SMILES string of the molecule is N/C(=C1/C=C(Br)C=CN1N)c1ccc2cnn(PI)c2c1. The van der Waals surface area contributed by atoms with Crippen molar-refractivity contribution < 1.29 is 0 Å². The third-order valence-corrected chi connectivity index (χ3v) is 5.57. The number of nitrogens with two attached hydrogens (primary N) is 2. The first-order valence-corrected chi connectivity index (χ1v) is 10.9.